The fourth-order valence-electron chi connectivity index (χ4n) is 3.00. The van der Waals surface area contributed by atoms with Crippen molar-refractivity contribution in [2.24, 2.45) is 0 Å². The minimum atomic E-state index is 0. The molecule has 0 amide bonds. The fraction of sp³-hybridized carbons (Fsp3) is 0.391. The minimum Gasteiger partial charge on any atom is -0.369 e. The number of benzene rings is 1. The normalized spacial score (nSPS) is 12.2. The van der Waals surface area contributed by atoms with E-state index in [-0.39, 0.29) is 13.5 Å². The molecule has 1 aliphatic heterocycles. The van der Waals surface area contributed by atoms with Crippen LogP contribution in [0.5, 0.6) is 0 Å². The Labute approximate surface area is 221 Å². The van der Waals surface area contributed by atoms with Crippen LogP contribution < -0.4 is 10.2 Å². The van der Waals surface area contributed by atoms with Gasteiger partial charge < -0.3 is 10.2 Å². The molecular weight excluding hydrogens is 573 g/mol. The standard InChI is InChI=1S/C16H15ClIN5S.C3H8.C2H6.C2H4.H2S/c17-15-13-9-14(23(24-18)16(13)21-10-20-15)11-1-3-12(4-2-11)22-7-5-19-6-8-22;1-3-2;2*1-2;/h1-4,9-10,19H,5-8H2;3H2,1-2H3;1-2H3;1-2H2;1H2. The lowest BCUT2D eigenvalue weighted by atomic mass is 10.1. The predicted molar refractivity (Wildman–Crippen MR) is 159 cm³/mol. The van der Waals surface area contributed by atoms with Gasteiger partial charge >= 0.3 is 0 Å². The van der Waals surface area contributed by atoms with Gasteiger partial charge in [0.15, 0.2) is 5.65 Å². The van der Waals surface area contributed by atoms with Crippen molar-refractivity contribution < 1.29 is 0 Å². The molecule has 3 aromatic rings. The van der Waals surface area contributed by atoms with Crippen molar-refractivity contribution in [1.82, 2.24) is 19.3 Å². The van der Waals surface area contributed by atoms with Crippen LogP contribution in [-0.2, 0) is 0 Å². The van der Waals surface area contributed by atoms with Crippen molar-refractivity contribution >= 4 is 72.1 Å². The second kappa shape index (κ2) is 17.5. The molecule has 0 bridgehead atoms. The highest BCUT2D eigenvalue weighted by Gasteiger charge is 2.15. The molecule has 4 rings (SSSR count). The highest BCUT2D eigenvalue weighted by Crippen LogP contribution is 2.36. The molecule has 0 unspecified atom stereocenters. The molecule has 2 aromatic heterocycles. The van der Waals surface area contributed by atoms with Crippen LogP contribution in [0.4, 0.5) is 5.69 Å². The molecule has 0 spiro atoms. The molecule has 0 radical (unpaired) electrons. The van der Waals surface area contributed by atoms with Crippen LogP contribution >= 0.6 is 55.4 Å². The summed E-state index contributed by atoms with van der Waals surface area (Å²) in [5.74, 6) is 0. The first-order valence-corrected chi connectivity index (χ1v) is 14.3. The molecule has 1 fully saturated rings. The highest BCUT2D eigenvalue weighted by molar-refractivity contribution is 14.2. The van der Waals surface area contributed by atoms with Crippen LogP contribution in [0.1, 0.15) is 34.1 Å². The molecule has 0 atom stereocenters. The Morgan fingerprint density at radius 2 is 1.66 bits per heavy atom. The lowest BCUT2D eigenvalue weighted by molar-refractivity contribution is 0.589. The number of nitrogens with one attached hydrogen (secondary N) is 1. The number of nitrogens with zero attached hydrogens (tertiary/aromatic N) is 4. The van der Waals surface area contributed by atoms with Gasteiger partial charge in [0.25, 0.3) is 0 Å². The highest BCUT2D eigenvalue weighted by atomic mass is 127. The minimum absolute atomic E-state index is 0. The monoisotopic (exact) mass is 607 g/mol. The number of piperazine rings is 1. The van der Waals surface area contributed by atoms with Gasteiger partial charge in [-0.3, -0.25) is 3.97 Å². The van der Waals surface area contributed by atoms with Gasteiger partial charge in [0.05, 0.1) is 11.1 Å². The third-order valence-electron chi connectivity index (χ3n) is 4.22. The van der Waals surface area contributed by atoms with E-state index in [4.69, 9.17) is 11.6 Å². The van der Waals surface area contributed by atoms with Crippen molar-refractivity contribution in [2.45, 2.75) is 34.1 Å². The van der Waals surface area contributed by atoms with E-state index in [2.05, 4.69) is 103 Å². The van der Waals surface area contributed by atoms with Crippen LogP contribution in [0, 0.1) is 0 Å². The summed E-state index contributed by atoms with van der Waals surface area (Å²) in [5.41, 5.74) is 4.34. The lowest BCUT2D eigenvalue weighted by Crippen LogP contribution is -2.43. The van der Waals surface area contributed by atoms with E-state index >= 15 is 0 Å². The zero-order valence-corrected chi connectivity index (χ0v) is 24.1. The molecule has 1 aromatic carbocycles. The van der Waals surface area contributed by atoms with E-state index in [0.29, 0.717) is 5.15 Å². The Kier molecular flexibility index (Phi) is 17.0. The van der Waals surface area contributed by atoms with Gasteiger partial charge in [-0.05, 0) is 23.8 Å². The first-order chi connectivity index (χ1) is 15.2. The molecule has 32 heavy (non-hydrogen) atoms. The smallest absolute Gasteiger partial charge is 0.156 e. The van der Waals surface area contributed by atoms with E-state index in [1.54, 1.807) is 9.12 Å². The van der Waals surface area contributed by atoms with Crippen LogP contribution in [-0.4, -0.2) is 40.1 Å². The molecule has 1 N–H and O–H groups in total. The molecule has 178 valence electrons. The zero-order valence-electron chi connectivity index (χ0n) is 19.4. The van der Waals surface area contributed by atoms with Crippen LogP contribution in [0.2, 0.25) is 5.15 Å². The number of halogens is 2. The number of fused-ring (bicyclic) bond motifs is 1. The van der Waals surface area contributed by atoms with Crippen LogP contribution in [0.25, 0.3) is 22.3 Å². The average molecular weight is 608 g/mol. The average Bonchev–Trinajstić information content (AvgIpc) is 3.23. The number of rotatable bonds is 3. The molecule has 5 nitrogen and oxygen atoms in total. The number of aromatic nitrogens is 3. The first kappa shape index (κ1) is 31.1. The third-order valence-corrected chi connectivity index (χ3v) is 6.21. The summed E-state index contributed by atoms with van der Waals surface area (Å²) in [6, 6.07) is 10.8. The van der Waals surface area contributed by atoms with Crippen molar-refractivity contribution in [3.05, 3.63) is 55.0 Å². The van der Waals surface area contributed by atoms with Crippen molar-refractivity contribution in [3.8, 4) is 11.3 Å². The van der Waals surface area contributed by atoms with Gasteiger partial charge in [0.1, 0.15) is 11.5 Å². The Balaban J connectivity index is 0.00000109. The van der Waals surface area contributed by atoms with Gasteiger partial charge in [-0.15, -0.1) is 13.2 Å². The largest absolute Gasteiger partial charge is 0.369 e. The topological polar surface area (TPSA) is 46.0 Å². The molecule has 3 heterocycles. The summed E-state index contributed by atoms with van der Waals surface area (Å²) >= 11 is 8.49. The Morgan fingerprint density at radius 3 is 2.19 bits per heavy atom. The molecule has 9 heteroatoms. The quantitative estimate of drug-likeness (QED) is 0.191. The van der Waals surface area contributed by atoms with E-state index in [0.717, 1.165) is 48.5 Å². The van der Waals surface area contributed by atoms with Crippen molar-refractivity contribution in [2.75, 3.05) is 31.1 Å². The zero-order chi connectivity index (χ0) is 23.2. The van der Waals surface area contributed by atoms with Crippen LogP contribution in [0.15, 0.2) is 49.8 Å². The molecular formula is C23H35ClIN5S2. The molecule has 0 aliphatic carbocycles. The van der Waals surface area contributed by atoms with Crippen molar-refractivity contribution in [3.63, 3.8) is 0 Å². The summed E-state index contributed by atoms with van der Waals surface area (Å²) in [7, 11) is 1.59. The Morgan fingerprint density at radius 1 is 1.09 bits per heavy atom. The van der Waals surface area contributed by atoms with Crippen molar-refractivity contribution in [1.29, 1.82) is 0 Å². The number of anilines is 1. The maximum Gasteiger partial charge on any atom is 0.156 e. The Hall–Kier alpha value is -0.940. The van der Waals surface area contributed by atoms with E-state index in [1.165, 1.54) is 18.4 Å². The molecule has 1 aliphatic rings. The number of hydrogen-bond acceptors (Lipinski definition) is 5. The summed E-state index contributed by atoms with van der Waals surface area (Å²) in [5, 5.41) is 4.75. The predicted octanol–water partition coefficient (Wildman–Crippen LogP) is 7.37. The molecule has 1 saturated heterocycles. The fourth-order valence-corrected chi connectivity index (χ4v) is 4.82. The first-order valence-electron chi connectivity index (χ1n) is 10.6. The Bertz CT molecular complexity index is 899. The van der Waals surface area contributed by atoms with Gasteiger partial charge in [0.2, 0.25) is 0 Å². The SMILES string of the molecule is C=C.CC.CCC.Clc1ncnc2c1cc(-c1ccc(N3CCNCC3)cc1)n2SI.S. The third kappa shape index (κ3) is 8.13. The summed E-state index contributed by atoms with van der Waals surface area (Å²) in [6.45, 7) is 18.4. The summed E-state index contributed by atoms with van der Waals surface area (Å²) in [4.78, 5) is 10.9. The molecule has 0 saturated carbocycles. The van der Waals surface area contributed by atoms with E-state index in [9.17, 15) is 0 Å². The van der Waals surface area contributed by atoms with Gasteiger partial charge in [-0.2, -0.15) is 13.5 Å². The van der Waals surface area contributed by atoms with Gasteiger partial charge in [0, 0.05) is 62.2 Å². The van der Waals surface area contributed by atoms with Gasteiger partial charge in [-0.1, -0.05) is 57.8 Å². The second-order valence-electron chi connectivity index (χ2n) is 6.29. The van der Waals surface area contributed by atoms with E-state index in [1.807, 2.05) is 13.8 Å². The van der Waals surface area contributed by atoms with Crippen LogP contribution in [0.3, 0.4) is 0 Å². The maximum absolute atomic E-state index is 6.22. The summed E-state index contributed by atoms with van der Waals surface area (Å²) in [6.07, 6.45) is 2.76. The maximum atomic E-state index is 6.22. The second-order valence-corrected chi connectivity index (χ2v) is 8.33. The van der Waals surface area contributed by atoms with E-state index < -0.39 is 0 Å². The summed E-state index contributed by atoms with van der Waals surface area (Å²) < 4.78 is 2.09. The lowest BCUT2D eigenvalue weighted by Gasteiger charge is -2.29. The number of hydrogen-bond donors (Lipinski definition) is 1. The van der Waals surface area contributed by atoms with Gasteiger partial charge in [-0.25, -0.2) is 9.97 Å².